The molecule has 1 amide bonds. The molecule has 6 nitrogen and oxygen atoms in total. The molecule has 0 spiro atoms. The van der Waals surface area contributed by atoms with Crippen molar-refractivity contribution < 1.29 is 13.2 Å². The third-order valence-corrected chi connectivity index (χ3v) is 9.89. The van der Waals surface area contributed by atoms with Gasteiger partial charge in [0.2, 0.25) is 5.91 Å². The van der Waals surface area contributed by atoms with Crippen molar-refractivity contribution in [2.45, 2.75) is 36.4 Å². The van der Waals surface area contributed by atoms with E-state index < -0.39 is 10.0 Å². The summed E-state index contributed by atoms with van der Waals surface area (Å²) in [5.74, 6) is 0.143. The molecule has 1 aliphatic rings. The van der Waals surface area contributed by atoms with Gasteiger partial charge < -0.3 is 9.88 Å². The number of thiophene rings is 1. The highest BCUT2D eigenvalue weighted by Crippen LogP contribution is 2.30. The lowest BCUT2D eigenvalue weighted by Gasteiger charge is -2.27. The van der Waals surface area contributed by atoms with E-state index in [1.807, 2.05) is 35.2 Å². The number of carbonyl (C=O) groups is 1. The minimum Gasteiger partial charge on any atom is -0.357 e. The van der Waals surface area contributed by atoms with Crippen molar-refractivity contribution in [2.75, 3.05) is 6.54 Å². The summed E-state index contributed by atoms with van der Waals surface area (Å²) in [5, 5.41) is 3.94. The van der Waals surface area contributed by atoms with Crippen LogP contribution in [0.15, 0.2) is 76.4 Å². The molecule has 3 aromatic heterocycles. The highest BCUT2D eigenvalue weighted by atomic mass is 32.2. The van der Waals surface area contributed by atoms with Gasteiger partial charge in [-0.25, -0.2) is 3.97 Å². The molecule has 0 saturated carbocycles. The Morgan fingerprint density at radius 1 is 1.00 bits per heavy atom. The molecule has 8 heteroatoms. The molecular formula is C27H25N3O3S2. The molecule has 35 heavy (non-hydrogen) atoms. The fraction of sp³-hybridized carbons (Fsp3) is 0.222. The van der Waals surface area contributed by atoms with Gasteiger partial charge in [-0.1, -0.05) is 42.5 Å². The summed E-state index contributed by atoms with van der Waals surface area (Å²) in [6.45, 7) is 1.34. The number of hydrogen-bond donors (Lipinski definition) is 1. The van der Waals surface area contributed by atoms with E-state index in [1.54, 1.807) is 23.7 Å². The molecule has 1 aliphatic heterocycles. The molecule has 0 unspecified atom stereocenters. The third kappa shape index (κ3) is 3.86. The normalized spacial score (nSPS) is 14.0. The summed E-state index contributed by atoms with van der Waals surface area (Å²) in [6.07, 6.45) is 4.33. The highest BCUT2D eigenvalue weighted by Gasteiger charge is 2.24. The van der Waals surface area contributed by atoms with Crippen LogP contribution in [0, 0.1) is 0 Å². The number of para-hydroxylation sites is 2. The maximum Gasteiger partial charge on any atom is 0.277 e. The second-order valence-electron chi connectivity index (χ2n) is 8.95. The molecule has 0 fully saturated rings. The number of H-pyrrole nitrogens is 1. The standard InChI is InChI=1S/C27H25N3O3S2/c31-26(29-15-14-22-21-9-1-3-10-23(21)28-24(22)18-29)12-5-7-19-17-30(25-11-4-2-8-20(19)25)35(32,33)27-13-6-16-34-27/h1-4,6,8-11,13,16-17,28H,5,7,12,14-15,18H2. The summed E-state index contributed by atoms with van der Waals surface area (Å²) in [4.78, 5) is 18.4. The van der Waals surface area contributed by atoms with Gasteiger partial charge in [-0.05, 0) is 54.0 Å². The van der Waals surface area contributed by atoms with Crippen LogP contribution < -0.4 is 0 Å². The van der Waals surface area contributed by atoms with Crippen molar-refractivity contribution in [3.63, 3.8) is 0 Å². The number of aromatic amines is 1. The zero-order valence-electron chi connectivity index (χ0n) is 19.1. The van der Waals surface area contributed by atoms with Gasteiger partial charge >= 0.3 is 0 Å². The lowest BCUT2D eigenvalue weighted by Crippen LogP contribution is -2.35. The predicted octanol–water partition coefficient (Wildman–Crippen LogP) is 5.33. The van der Waals surface area contributed by atoms with Crippen LogP contribution in [0.1, 0.15) is 29.7 Å². The van der Waals surface area contributed by atoms with E-state index >= 15 is 0 Å². The summed E-state index contributed by atoms with van der Waals surface area (Å²) >= 11 is 1.21. The second kappa shape index (κ2) is 8.70. The Morgan fingerprint density at radius 2 is 1.80 bits per heavy atom. The first-order valence-electron chi connectivity index (χ1n) is 11.8. The van der Waals surface area contributed by atoms with Crippen LogP contribution in [-0.2, 0) is 34.2 Å². The van der Waals surface area contributed by atoms with Gasteiger partial charge in [0.1, 0.15) is 4.21 Å². The van der Waals surface area contributed by atoms with Gasteiger partial charge in [-0.15, -0.1) is 11.3 Å². The molecule has 178 valence electrons. The maximum atomic E-state index is 13.2. The maximum absolute atomic E-state index is 13.2. The van der Waals surface area contributed by atoms with Gasteiger partial charge in [-0.3, -0.25) is 4.79 Å². The molecule has 5 aromatic rings. The number of nitrogens with one attached hydrogen (secondary N) is 1. The number of nitrogens with zero attached hydrogens (tertiary/aromatic N) is 2. The number of aromatic nitrogens is 2. The van der Waals surface area contributed by atoms with Gasteiger partial charge in [0.25, 0.3) is 10.0 Å². The molecule has 0 atom stereocenters. The van der Waals surface area contributed by atoms with E-state index in [9.17, 15) is 13.2 Å². The van der Waals surface area contributed by atoms with Gasteiger partial charge in [0.15, 0.2) is 0 Å². The number of carbonyl (C=O) groups excluding carboxylic acids is 1. The molecule has 0 aliphatic carbocycles. The Balaban J connectivity index is 1.17. The Labute approximate surface area is 207 Å². The first kappa shape index (κ1) is 22.1. The molecule has 0 bridgehead atoms. The number of rotatable bonds is 6. The zero-order chi connectivity index (χ0) is 24.0. The van der Waals surface area contributed by atoms with Crippen LogP contribution in [0.5, 0.6) is 0 Å². The van der Waals surface area contributed by atoms with E-state index in [2.05, 4.69) is 23.2 Å². The number of benzene rings is 2. The van der Waals surface area contributed by atoms with Crippen LogP contribution in [0.4, 0.5) is 0 Å². The minimum absolute atomic E-state index is 0.143. The monoisotopic (exact) mass is 503 g/mol. The molecule has 0 radical (unpaired) electrons. The summed E-state index contributed by atoms with van der Waals surface area (Å²) in [7, 11) is -3.64. The lowest BCUT2D eigenvalue weighted by molar-refractivity contribution is -0.132. The summed E-state index contributed by atoms with van der Waals surface area (Å²) in [5.41, 5.74) is 5.20. The molecule has 6 rings (SSSR count). The third-order valence-electron chi connectivity index (χ3n) is 6.84. The number of hydrogen-bond acceptors (Lipinski definition) is 4. The Kier molecular flexibility index (Phi) is 5.50. The van der Waals surface area contributed by atoms with E-state index in [0.29, 0.717) is 35.5 Å². The smallest absolute Gasteiger partial charge is 0.277 e. The SMILES string of the molecule is O=C(CCCc1cn(S(=O)(=O)c2cccs2)c2ccccc12)N1CCc2c([nH]c3ccccc23)C1. The van der Waals surface area contributed by atoms with E-state index in [1.165, 1.54) is 26.3 Å². The van der Waals surface area contributed by atoms with Gasteiger partial charge in [-0.2, -0.15) is 8.42 Å². The fourth-order valence-electron chi connectivity index (χ4n) is 5.12. The summed E-state index contributed by atoms with van der Waals surface area (Å²) in [6, 6.07) is 19.2. The van der Waals surface area contributed by atoms with Gasteiger partial charge in [0.05, 0.1) is 12.1 Å². The fourth-order valence-corrected chi connectivity index (χ4v) is 7.59. The lowest BCUT2D eigenvalue weighted by atomic mass is 10.0. The van der Waals surface area contributed by atoms with Crippen LogP contribution >= 0.6 is 11.3 Å². The van der Waals surface area contributed by atoms with Crippen molar-refractivity contribution in [1.82, 2.24) is 13.9 Å². The van der Waals surface area contributed by atoms with E-state index in [-0.39, 0.29) is 5.91 Å². The summed E-state index contributed by atoms with van der Waals surface area (Å²) < 4.78 is 28.1. The Morgan fingerprint density at radius 3 is 2.63 bits per heavy atom. The van der Waals surface area contributed by atoms with Crippen molar-refractivity contribution in [3.05, 3.63) is 89.1 Å². The highest BCUT2D eigenvalue weighted by molar-refractivity contribution is 7.92. The zero-order valence-corrected chi connectivity index (χ0v) is 20.7. The Hall–Kier alpha value is -3.36. The number of amides is 1. The van der Waals surface area contributed by atoms with E-state index in [0.717, 1.165) is 35.1 Å². The quantitative estimate of drug-likeness (QED) is 0.340. The van der Waals surface area contributed by atoms with Crippen LogP contribution in [0.25, 0.3) is 21.8 Å². The minimum atomic E-state index is -3.64. The van der Waals surface area contributed by atoms with Crippen molar-refractivity contribution in [2.24, 2.45) is 0 Å². The predicted molar refractivity (Wildman–Crippen MR) is 139 cm³/mol. The van der Waals surface area contributed by atoms with E-state index in [4.69, 9.17) is 0 Å². The molecule has 4 heterocycles. The number of aryl methyl sites for hydroxylation is 1. The second-order valence-corrected chi connectivity index (χ2v) is 11.9. The van der Waals surface area contributed by atoms with Crippen molar-refractivity contribution in [3.8, 4) is 0 Å². The Bertz CT molecular complexity index is 1650. The molecular weight excluding hydrogens is 478 g/mol. The first-order valence-corrected chi connectivity index (χ1v) is 14.1. The van der Waals surface area contributed by atoms with Gasteiger partial charge in [0, 0.05) is 41.1 Å². The number of fused-ring (bicyclic) bond motifs is 4. The van der Waals surface area contributed by atoms with Crippen LogP contribution in [0.2, 0.25) is 0 Å². The average Bonchev–Trinajstić information content (AvgIpc) is 3.61. The van der Waals surface area contributed by atoms with Crippen molar-refractivity contribution >= 4 is 49.1 Å². The molecule has 0 saturated heterocycles. The van der Waals surface area contributed by atoms with Crippen molar-refractivity contribution in [1.29, 1.82) is 0 Å². The first-order chi connectivity index (χ1) is 17.0. The topological polar surface area (TPSA) is 75.2 Å². The van der Waals surface area contributed by atoms with Crippen LogP contribution in [0.3, 0.4) is 0 Å². The molecule has 2 aromatic carbocycles. The largest absolute Gasteiger partial charge is 0.357 e. The molecule has 1 N–H and O–H groups in total. The average molecular weight is 504 g/mol. The van der Waals surface area contributed by atoms with Crippen LogP contribution in [-0.4, -0.2) is 34.7 Å².